The van der Waals surface area contributed by atoms with Crippen LogP contribution in [0, 0.1) is 0 Å². The lowest BCUT2D eigenvalue weighted by atomic mass is 10.1. The van der Waals surface area contributed by atoms with Crippen LogP contribution in [0.4, 0.5) is 5.69 Å². The summed E-state index contributed by atoms with van der Waals surface area (Å²) >= 11 is 7.49. The van der Waals surface area contributed by atoms with Crippen LogP contribution in [-0.4, -0.2) is 22.9 Å². The molecule has 2 heterocycles. The minimum atomic E-state index is -0.397. The Labute approximate surface area is 129 Å². The van der Waals surface area contributed by atoms with Gasteiger partial charge in [0.1, 0.15) is 6.04 Å². The molecule has 6 nitrogen and oxygen atoms in total. The molecule has 21 heavy (non-hydrogen) atoms. The van der Waals surface area contributed by atoms with Gasteiger partial charge in [-0.05, 0) is 19.2 Å². The molecule has 1 amide bonds. The number of amides is 1. The molecule has 0 spiro atoms. The van der Waals surface area contributed by atoms with E-state index in [2.05, 4.69) is 20.6 Å². The summed E-state index contributed by atoms with van der Waals surface area (Å²) in [6.45, 7) is 0. The fourth-order valence-corrected chi connectivity index (χ4v) is 3.23. The summed E-state index contributed by atoms with van der Waals surface area (Å²) in [5.41, 5.74) is 1.30. The lowest BCUT2D eigenvalue weighted by molar-refractivity contribution is -0.117. The van der Waals surface area contributed by atoms with Crippen molar-refractivity contribution in [2.45, 2.75) is 16.1 Å². The van der Waals surface area contributed by atoms with Crippen LogP contribution < -0.4 is 16.2 Å². The van der Waals surface area contributed by atoms with E-state index in [0.717, 1.165) is 5.56 Å². The highest BCUT2D eigenvalue weighted by Crippen LogP contribution is 2.40. The van der Waals surface area contributed by atoms with Gasteiger partial charge in [0.25, 0.3) is 5.56 Å². The number of anilines is 1. The average Bonchev–Trinajstić information content (AvgIpc) is 2.74. The highest BCUT2D eigenvalue weighted by molar-refractivity contribution is 7.99. The van der Waals surface area contributed by atoms with Gasteiger partial charge in [-0.25, -0.2) is 4.98 Å². The Hall–Kier alpha value is -1.83. The number of benzene rings is 1. The summed E-state index contributed by atoms with van der Waals surface area (Å²) < 4.78 is 0. The summed E-state index contributed by atoms with van der Waals surface area (Å²) in [6, 6.07) is 4.47. The number of fused-ring (bicyclic) bond motifs is 1. The van der Waals surface area contributed by atoms with Gasteiger partial charge in [-0.3, -0.25) is 9.59 Å². The molecule has 0 fully saturated rings. The number of hydrogen-bond donors (Lipinski definition) is 3. The maximum absolute atomic E-state index is 11.8. The Kier molecular flexibility index (Phi) is 3.71. The molecule has 0 aliphatic carbocycles. The van der Waals surface area contributed by atoms with E-state index in [1.807, 2.05) is 0 Å². The first-order chi connectivity index (χ1) is 10.1. The van der Waals surface area contributed by atoms with Crippen molar-refractivity contribution >= 4 is 35.0 Å². The van der Waals surface area contributed by atoms with Gasteiger partial charge in [-0.1, -0.05) is 23.4 Å². The highest BCUT2D eigenvalue weighted by Gasteiger charge is 2.30. The second-order valence-corrected chi connectivity index (χ2v) is 5.86. The first kappa shape index (κ1) is 14.1. The van der Waals surface area contributed by atoms with E-state index in [9.17, 15) is 9.59 Å². The summed E-state index contributed by atoms with van der Waals surface area (Å²) in [6.07, 6.45) is 1.43. The van der Waals surface area contributed by atoms with Crippen molar-refractivity contribution in [2.75, 3.05) is 12.4 Å². The van der Waals surface area contributed by atoms with Crippen LogP contribution in [0.15, 0.2) is 39.2 Å². The zero-order chi connectivity index (χ0) is 15.0. The number of halogens is 1. The molecular weight excluding hydrogens is 312 g/mol. The zero-order valence-corrected chi connectivity index (χ0v) is 12.5. The normalized spacial score (nSPS) is 16.7. The van der Waals surface area contributed by atoms with Crippen molar-refractivity contribution in [1.82, 2.24) is 15.3 Å². The molecule has 108 valence electrons. The third-order valence-electron chi connectivity index (χ3n) is 3.08. The SMILES string of the molecule is CNC1C(=O)Nc2cc(Sc3nccc(=O)[nH]3)c(Cl)cc21. The summed E-state index contributed by atoms with van der Waals surface area (Å²) in [5, 5.41) is 6.68. The Morgan fingerprint density at radius 2 is 2.19 bits per heavy atom. The van der Waals surface area contributed by atoms with Crippen LogP contribution in [0.2, 0.25) is 5.02 Å². The van der Waals surface area contributed by atoms with E-state index in [-0.39, 0.29) is 11.5 Å². The smallest absolute Gasteiger partial charge is 0.251 e. The van der Waals surface area contributed by atoms with Crippen molar-refractivity contribution < 1.29 is 4.79 Å². The predicted molar refractivity (Wildman–Crippen MR) is 80.9 cm³/mol. The van der Waals surface area contributed by atoms with Crippen LogP contribution in [0.5, 0.6) is 0 Å². The summed E-state index contributed by atoms with van der Waals surface area (Å²) in [5.74, 6) is -0.114. The molecule has 8 heteroatoms. The first-order valence-electron chi connectivity index (χ1n) is 6.13. The molecule has 2 aromatic rings. The second kappa shape index (κ2) is 5.51. The molecular formula is C13H11ClN4O2S. The number of aromatic amines is 1. The largest absolute Gasteiger partial charge is 0.324 e. The van der Waals surface area contributed by atoms with Gasteiger partial charge in [0.05, 0.1) is 5.02 Å². The van der Waals surface area contributed by atoms with E-state index in [4.69, 9.17) is 11.6 Å². The number of nitrogens with zero attached hydrogens (tertiary/aromatic N) is 1. The lowest BCUT2D eigenvalue weighted by Crippen LogP contribution is -2.23. The number of rotatable bonds is 3. The van der Waals surface area contributed by atoms with Gasteiger partial charge in [-0.15, -0.1) is 0 Å². The Morgan fingerprint density at radius 1 is 1.38 bits per heavy atom. The highest BCUT2D eigenvalue weighted by atomic mass is 35.5. The zero-order valence-electron chi connectivity index (χ0n) is 10.9. The third-order valence-corrected chi connectivity index (χ3v) is 4.46. The molecule has 0 bridgehead atoms. The number of nitrogens with one attached hydrogen (secondary N) is 3. The quantitative estimate of drug-likeness (QED) is 0.750. The lowest BCUT2D eigenvalue weighted by Gasteiger charge is -2.09. The molecule has 0 saturated carbocycles. The van der Waals surface area contributed by atoms with Gasteiger partial charge >= 0.3 is 0 Å². The van der Waals surface area contributed by atoms with Crippen molar-refractivity contribution in [3.05, 3.63) is 45.3 Å². The summed E-state index contributed by atoms with van der Waals surface area (Å²) in [7, 11) is 1.72. The van der Waals surface area contributed by atoms with Crippen LogP contribution in [0.25, 0.3) is 0 Å². The number of carbonyl (C=O) groups excluding carboxylic acids is 1. The van der Waals surface area contributed by atoms with E-state index in [0.29, 0.717) is 20.8 Å². The van der Waals surface area contributed by atoms with Crippen molar-refractivity contribution in [1.29, 1.82) is 0 Å². The summed E-state index contributed by atoms with van der Waals surface area (Å²) in [4.78, 5) is 30.5. The fourth-order valence-electron chi connectivity index (χ4n) is 2.13. The van der Waals surface area contributed by atoms with E-state index >= 15 is 0 Å². The van der Waals surface area contributed by atoms with Gasteiger partial charge < -0.3 is 15.6 Å². The second-order valence-electron chi connectivity index (χ2n) is 4.42. The molecule has 3 N–H and O–H groups in total. The molecule has 1 aliphatic heterocycles. The topological polar surface area (TPSA) is 86.9 Å². The molecule has 1 aromatic heterocycles. The molecule has 1 aromatic carbocycles. The maximum atomic E-state index is 11.8. The molecule has 3 rings (SSSR count). The van der Waals surface area contributed by atoms with Crippen molar-refractivity contribution in [3.8, 4) is 0 Å². The molecule has 1 unspecified atom stereocenters. The number of H-pyrrole nitrogens is 1. The standard InChI is InChI=1S/C13H11ClN4O2S/c1-15-11-6-4-7(14)9(5-8(6)17-12(11)20)21-13-16-3-2-10(19)18-13/h2-5,11,15H,1H3,(H,17,20)(H,16,18,19). The maximum Gasteiger partial charge on any atom is 0.251 e. The molecule has 0 radical (unpaired) electrons. The van der Waals surface area contributed by atoms with Crippen LogP contribution in [-0.2, 0) is 4.79 Å². The van der Waals surface area contributed by atoms with E-state index in [1.54, 1.807) is 19.2 Å². The third kappa shape index (κ3) is 2.67. The van der Waals surface area contributed by atoms with Crippen LogP contribution in [0.3, 0.4) is 0 Å². The van der Waals surface area contributed by atoms with Gasteiger partial charge in [0.15, 0.2) is 5.16 Å². The fraction of sp³-hybridized carbons (Fsp3) is 0.154. The number of hydrogen-bond acceptors (Lipinski definition) is 5. The van der Waals surface area contributed by atoms with Crippen LogP contribution >= 0.6 is 23.4 Å². The number of likely N-dealkylation sites (N-methyl/N-ethyl adjacent to an activating group) is 1. The van der Waals surface area contributed by atoms with Gasteiger partial charge in [0.2, 0.25) is 5.91 Å². The Balaban J connectivity index is 1.97. The first-order valence-corrected chi connectivity index (χ1v) is 7.32. The van der Waals surface area contributed by atoms with Crippen molar-refractivity contribution in [2.24, 2.45) is 0 Å². The van der Waals surface area contributed by atoms with E-state index < -0.39 is 6.04 Å². The average molecular weight is 323 g/mol. The van der Waals surface area contributed by atoms with Gasteiger partial charge in [0, 0.05) is 28.4 Å². The minimum absolute atomic E-state index is 0.114. The molecule has 0 saturated heterocycles. The Bertz CT molecular complexity index is 777. The van der Waals surface area contributed by atoms with Gasteiger partial charge in [-0.2, -0.15) is 0 Å². The molecule has 1 aliphatic rings. The predicted octanol–water partition coefficient (Wildman–Crippen LogP) is 1.79. The molecule has 1 atom stereocenters. The van der Waals surface area contributed by atoms with Crippen molar-refractivity contribution in [3.63, 3.8) is 0 Å². The van der Waals surface area contributed by atoms with Crippen LogP contribution in [0.1, 0.15) is 11.6 Å². The minimum Gasteiger partial charge on any atom is -0.324 e. The monoisotopic (exact) mass is 322 g/mol. The Morgan fingerprint density at radius 3 is 2.90 bits per heavy atom. The van der Waals surface area contributed by atoms with E-state index in [1.165, 1.54) is 24.0 Å². The number of carbonyl (C=O) groups is 1. The number of aromatic nitrogens is 2.